The zero-order valence-corrected chi connectivity index (χ0v) is 17.4. The lowest BCUT2D eigenvalue weighted by Crippen LogP contribution is -2.33. The molecule has 0 fully saturated rings. The molecule has 0 saturated heterocycles. The molecule has 31 heavy (non-hydrogen) atoms. The van der Waals surface area contributed by atoms with Crippen LogP contribution in [0, 0.1) is 0 Å². The highest BCUT2D eigenvalue weighted by Crippen LogP contribution is 2.19. The lowest BCUT2D eigenvalue weighted by Gasteiger charge is -2.07. The Hall–Kier alpha value is -4.00. The fraction of sp³-hybridized carbons (Fsp3) is 0.167. The standard InChI is InChI=1S/C24H24N4O3/c1-3-17-8-11-20(12-9-17)26-23(30)24(31)28-27-16(2)14-22(29)25-21-13-10-18-6-4-5-7-19(18)15-21/h4-13,15H,3,14H2,1-2H3,(H,25,29)(H,26,30)(H,28,31). The summed E-state index contributed by atoms with van der Waals surface area (Å²) in [7, 11) is 0. The van der Waals surface area contributed by atoms with Crippen LogP contribution in [-0.4, -0.2) is 23.4 Å². The van der Waals surface area contributed by atoms with E-state index < -0.39 is 11.8 Å². The number of carbonyl (C=O) groups excluding carboxylic acids is 3. The van der Waals surface area contributed by atoms with E-state index in [1.807, 2.05) is 61.5 Å². The quantitative estimate of drug-likeness (QED) is 0.323. The average molecular weight is 416 g/mol. The lowest BCUT2D eigenvalue weighted by atomic mass is 10.1. The van der Waals surface area contributed by atoms with Crippen molar-refractivity contribution < 1.29 is 14.4 Å². The first kappa shape index (κ1) is 21.7. The predicted octanol–water partition coefficient (Wildman–Crippen LogP) is 3.86. The van der Waals surface area contributed by atoms with E-state index in [-0.39, 0.29) is 12.3 Å². The molecular weight excluding hydrogens is 392 g/mol. The highest BCUT2D eigenvalue weighted by atomic mass is 16.2. The van der Waals surface area contributed by atoms with Gasteiger partial charge in [-0.25, -0.2) is 5.43 Å². The van der Waals surface area contributed by atoms with Crippen molar-refractivity contribution in [1.29, 1.82) is 0 Å². The van der Waals surface area contributed by atoms with Gasteiger partial charge >= 0.3 is 11.8 Å². The third-order valence-corrected chi connectivity index (χ3v) is 4.62. The summed E-state index contributed by atoms with van der Waals surface area (Å²) in [6.45, 7) is 3.63. The summed E-state index contributed by atoms with van der Waals surface area (Å²) in [4.78, 5) is 36.2. The number of amides is 3. The van der Waals surface area contributed by atoms with Gasteiger partial charge in [-0.2, -0.15) is 5.10 Å². The number of benzene rings is 3. The Morgan fingerprint density at radius 3 is 2.19 bits per heavy atom. The minimum absolute atomic E-state index is 0.0206. The molecule has 0 heterocycles. The fourth-order valence-electron chi connectivity index (χ4n) is 2.95. The second-order valence-corrected chi connectivity index (χ2v) is 7.08. The summed E-state index contributed by atoms with van der Waals surface area (Å²) in [6.07, 6.45) is 0.865. The van der Waals surface area contributed by atoms with Gasteiger partial charge in [0.1, 0.15) is 0 Å². The number of carbonyl (C=O) groups is 3. The molecule has 7 heteroatoms. The molecule has 0 saturated carbocycles. The monoisotopic (exact) mass is 416 g/mol. The molecule has 0 aliphatic rings. The van der Waals surface area contributed by atoms with Crippen LogP contribution in [0.25, 0.3) is 10.8 Å². The number of nitrogens with zero attached hydrogens (tertiary/aromatic N) is 1. The summed E-state index contributed by atoms with van der Waals surface area (Å²) in [6, 6.07) is 20.7. The summed E-state index contributed by atoms with van der Waals surface area (Å²) in [5.41, 5.74) is 4.87. The van der Waals surface area contributed by atoms with Gasteiger partial charge in [-0.3, -0.25) is 14.4 Å². The maximum absolute atomic E-state index is 12.2. The van der Waals surface area contributed by atoms with E-state index in [1.54, 1.807) is 19.1 Å². The van der Waals surface area contributed by atoms with Gasteiger partial charge in [0.25, 0.3) is 0 Å². The third kappa shape index (κ3) is 6.24. The largest absolute Gasteiger partial charge is 0.329 e. The van der Waals surface area contributed by atoms with Crippen molar-refractivity contribution in [1.82, 2.24) is 5.43 Å². The second kappa shape index (κ2) is 10.2. The van der Waals surface area contributed by atoms with Crippen molar-refractivity contribution in [3.05, 3.63) is 72.3 Å². The minimum Gasteiger partial charge on any atom is -0.326 e. The van der Waals surface area contributed by atoms with Crippen molar-refractivity contribution in [3.8, 4) is 0 Å². The molecule has 0 aliphatic heterocycles. The zero-order valence-electron chi connectivity index (χ0n) is 17.4. The average Bonchev–Trinajstić information content (AvgIpc) is 2.77. The van der Waals surface area contributed by atoms with Crippen LogP contribution in [0.15, 0.2) is 71.8 Å². The number of hydrogen-bond donors (Lipinski definition) is 3. The molecule has 0 aromatic heterocycles. The Balaban J connectivity index is 1.49. The molecule has 0 spiro atoms. The topological polar surface area (TPSA) is 99.7 Å². The van der Waals surface area contributed by atoms with E-state index in [9.17, 15) is 14.4 Å². The van der Waals surface area contributed by atoms with Crippen molar-refractivity contribution in [3.63, 3.8) is 0 Å². The third-order valence-electron chi connectivity index (χ3n) is 4.62. The van der Waals surface area contributed by atoms with Crippen LogP contribution in [0.3, 0.4) is 0 Å². The first-order chi connectivity index (χ1) is 14.9. The Bertz CT molecular complexity index is 1140. The maximum Gasteiger partial charge on any atom is 0.329 e. The number of nitrogens with one attached hydrogen (secondary N) is 3. The molecule has 7 nitrogen and oxygen atoms in total. The molecule has 3 aromatic carbocycles. The van der Waals surface area contributed by atoms with Crippen molar-refractivity contribution in [2.45, 2.75) is 26.7 Å². The van der Waals surface area contributed by atoms with E-state index in [0.717, 1.165) is 22.8 Å². The first-order valence-electron chi connectivity index (χ1n) is 9.96. The highest BCUT2D eigenvalue weighted by Gasteiger charge is 2.13. The number of fused-ring (bicyclic) bond motifs is 1. The number of anilines is 2. The van der Waals surface area contributed by atoms with E-state index in [4.69, 9.17) is 0 Å². The SMILES string of the molecule is CCc1ccc(NC(=O)C(=O)NN=C(C)CC(=O)Nc2ccc3ccccc3c2)cc1. The van der Waals surface area contributed by atoms with Crippen LogP contribution < -0.4 is 16.1 Å². The molecule has 3 amide bonds. The van der Waals surface area contributed by atoms with Crippen molar-refractivity contribution in [2.75, 3.05) is 10.6 Å². The Morgan fingerprint density at radius 2 is 1.48 bits per heavy atom. The predicted molar refractivity (Wildman–Crippen MR) is 123 cm³/mol. The maximum atomic E-state index is 12.2. The Labute approximate surface area is 180 Å². The second-order valence-electron chi connectivity index (χ2n) is 7.08. The number of hydrogen-bond acceptors (Lipinski definition) is 4. The molecule has 3 rings (SSSR count). The summed E-state index contributed by atoms with van der Waals surface area (Å²) < 4.78 is 0. The van der Waals surface area contributed by atoms with Crippen LogP contribution in [-0.2, 0) is 20.8 Å². The molecule has 0 radical (unpaired) electrons. The Morgan fingerprint density at radius 1 is 0.806 bits per heavy atom. The molecule has 0 aliphatic carbocycles. The van der Waals surface area contributed by atoms with Crippen LogP contribution >= 0.6 is 0 Å². The van der Waals surface area contributed by atoms with Gasteiger partial charge in [0.2, 0.25) is 5.91 Å². The molecule has 0 unspecified atom stereocenters. The molecule has 0 bridgehead atoms. The van der Waals surface area contributed by atoms with Gasteiger partial charge in [0, 0.05) is 17.1 Å². The van der Waals surface area contributed by atoms with Crippen molar-refractivity contribution in [2.24, 2.45) is 5.10 Å². The summed E-state index contributed by atoms with van der Waals surface area (Å²) in [5.74, 6) is -2.01. The first-order valence-corrected chi connectivity index (χ1v) is 9.96. The van der Waals surface area contributed by atoms with Gasteiger partial charge in [0.15, 0.2) is 0 Å². The molecule has 3 aromatic rings. The number of aryl methyl sites for hydroxylation is 1. The highest BCUT2D eigenvalue weighted by molar-refractivity contribution is 6.39. The smallest absolute Gasteiger partial charge is 0.326 e. The molecule has 0 atom stereocenters. The van der Waals surface area contributed by atoms with Gasteiger partial charge < -0.3 is 10.6 Å². The summed E-state index contributed by atoms with van der Waals surface area (Å²) >= 11 is 0. The van der Waals surface area contributed by atoms with E-state index in [1.165, 1.54) is 0 Å². The molecule has 3 N–H and O–H groups in total. The normalized spacial score (nSPS) is 11.1. The lowest BCUT2D eigenvalue weighted by molar-refractivity contribution is -0.136. The zero-order chi connectivity index (χ0) is 22.2. The fourth-order valence-corrected chi connectivity index (χ4v) is 2.95. The van der Waals surface area contributed by atoms with Crippen molar-refractivity contribution >= 4 is 45.6 Å². The van der Waals surface area contributed by atoms with E-state index in [2.05, 4.69) is 21.2 Å². The van der Waals surface area contributed by atoms with Gasteiger partial charge in [-0.15, -0.1) is 0 Å². The molecule has 158 valence electrons. The van der Waals surface area contributed by atoms with E-state index >= 15 is 0 Å². The van der Waals surface area contributed by atoms with Crippen LogP contribution in [0.5, 0.6) is 0 Å². The Kier molecular flexibility index (Phi) is 7.11. The van der Waals surface area contributed by atoms with Crippen LogP contribution in [0.1, 0.15) is 25.8 Å². The molecular formula is C24H24N4O3. The number of rotatable bonds is 6. The van der Waals surface area contributed by atoms with Crippen LogP contribution in [0.4, 0.5) is 11.4 Å². The summed E-state index contributed by atoms with van der Waals surface area (Å²) in [5, 5.41) is 11.3. The van der Waals surface area contributed by atoms with E-state index in [0.29, 0.717) is 17.1 Å². The number of hydrazone groups is 1. The minimum atomic E-state index is -0.908. The van der Waals surface area contributed by atoms with Crippen LogP contribution in [0.2, 0.25) is 0 Å². The van der Waals surface area contributed by atoms with Gasteiger partial charge in [-0.1, -0.05) is 49.4 Å². The van der Waals surface area contributed by atoms with Gasteiger partial charge in [0.05, 0.1) is 6.42 Å². The van der Waals surface area contributed by atoms with Gasteiger partial charge in [-0.05, 0) is 53.9 Å².